The quantitative estimate of drug-likeness (QED) is 0.175. The first-order chi connectivity index (χ1) is 30.2. The Bertz CT molecular complexity index is 3790. The highest BCUT2D eigenvalue weighted by Gasteiger charge is 2.23. The second kappa shape index (κ2) is 13.2. The highest BCUT2D eigenvalue weighted by molar-refractivity contribution is 6.22. The Hall–Kier alpha value is -8.02. The van der Waals surface area contributed by atoms with E-state index >= 15 is 0 Å². The summed E-state index contributed by atoms with van der Waals surface area (Å²) in [7, 11) is 0. The number of rotatable bonds is 5. The van der Waals surface area contributed by atoms with E-state index < -0.39 is 0 Å². The summed E-state index contributed by atoms with van der Waals surface area (Å²) in [6.07, 6.45) is 9.88. The van der Waals surface area contributed by atoms with Crippen LogP contribution in [0.3, 0.4) is 0 Å². The third-order valence-corrected chi connectivity index (χ3v) is 12.6. The zero-order chi connectivity index (χ0) is 40.0. The van der Waals surface area contributed by atoms with Crippen LogP contribution in [0.2, 0.25) is 0 Å². The van der Waals surface area contributed by atoms with Crippen molar-refractivity contribution in [3.63, 3.8) is 0 Å². The Morgan fingerprint density at radius 2 is 1.18 bits per heavy atom. The van der Waals surface area contributed by atoms with E-state index in [0.29, 0.717) is 5.95 Å². The van der Waals surface area contributed by atoms with Crippen LogP contribution in [0.4, 0.5) is 0 Å². The normalized spacial score (nSPS) is 14.2. The molecule has 4 aromatic heterocycles. The number of benzene rings is 8. The van der Waals surface area contributed by atoms with Gasteiger partial charge in [-0.15, -0.1) is 0 Å². The molecule has 0 spiro atoms. The monoisotopic (exact) mass is 780 g/mol. The molecule has 4 heterocycles. The molecule has 1 aliphatic carbocycles. The summed E-state index contributed by atoms with van der Waals surface area (Å²) in [5.41, 5.74) is 11.6. The molecule has 0 bridgehead atoms. The minimum absolute atomic E-state index is 0.284. The fourth-order valence-corrected chi connectivity index (χ4v) is 9.86. The van der Waals surface area contributed by atoms with Gasteiger partial charge in [0.25, 0.3) is 0 Å². The standard InChI is InChI=1S/C56H36N4O/c1-4-15-36(16-5-1)52-34-45-51(61-52)31-27-46-54(45)55(37-17-6-2-7-18-37)58-56(57-46)60-49-29-26-39(33-44(49)53-41-21-11-10-14-35(41)24-30-50(53)60)38-25-28-48-43(32-38)42-22-12-13-23-47(42)59(48)40-19-8-3-9-20-40/h1-19,21-34,40H,20H2. The fourth-order valence-electron chi connectivity index (χ4n) is 9.86. The largest absolute Gasteiger partial charge is 0.456 e. The van der Waals surface area contributed by atoms with E-state index in [1.54, 1.807) is 0 Å². The van der Waals surface area contributed by atoms with Gasteiger partial charge < -0.3 is 8.98 Å². The van der Waals surface area contributed by atoms with Crippen molar-refractivity contribution >= 4 is 76.3 Å². The van der Waals surface area contributed by atoms with Gasteiger partial charge in [0.05, 0.1) is 28.3 Å². The number of allylic oxidation sites excluding steroid dienone is 4. The molecule has 0 aliphatic heterocycles. The number of furan rings is 1. The lowest BCUT2D eigenvalue weighted by Crippen LogP contribution is -2.06. The lowest BCUT2D eigenvalue weighted by Gasteiger charge is -2.18. The van der Waals surface area contributed by atoms with Crippen molar-refractivity contribution in [3.05, 3.63) is 200 Å². The van der Waals surface area contributed by atoms with Crippen LogP contribution in [-0.2, 0) is 0 Å². The summed E-state index contributed by atoms with van der Waals surface area (Å²) in [4.78, 5) is 10.9. The van der Waals surface area contributed by atoms with Gasteiger partial charge in [0, 0.05) is 54.5 Å². The Labute approximate surface area is 350 Å². The Kier molecular flexibility index (Phi) is 7.36. The van der Waals surface area contributed by atoms with Crippen molar-refractivity contribution in [2.45, 2.75) is 12.5 Å². The summed E-state index contributed by atoms with van der Waals surface area (Å²) >= 11 is 0. The SMILES string of the molecule is C1=CCC(n2c3ccccc3c3cc(-c4ccc5c(c4)c4c6ccccc6ccc4n5-c4nc(-c5ccccc5)c5c(ccc6oc(-c7ccccc7)cc65)n4)ccc32)C=C1. The first kappa shape index (κ1) is 33.9. The average molecular weight is 781 g/mol. The van der Waals surface area contributed by atoms with Crippen molar-refractivity contribution in [1.29, 1.82) is 0 Å². The number of hydrogen-bond acceptors (Lipinski definition) is 3. The maximum absolute atomic E-state index is 6.47. The molecule has 5 heteroatoms. The molecule has 1 unspecified atom stereocenters. The predicted molar refractivity (Wildman–Crippen MR) is 252 cm³/mol. The lowest BCUT2D eigenvalue weighted by atomic mass is 9.99. The predicted octanol–water partition coefficient (Wildman–Crippen LogP) is 14.8. The lowest BCUT2D eigenvalue weighted by molar-refractivity contribution is 0.632. The van der Waals surface area contributed by atoms with E-state index in [9.17, 15) is 0 Å². The number of aromatic nitrogens is 4. The molecule has 0 radical (unpaired) electrons. The van der Waals surface area contributed by atoms with Gasteiger partial charge in [-0.1, -0.05) is 146 Å². The van der Waals surface area contributed by atoms with Crippen LogP contribution in [-0.4, -0.2) is 19.1 Å². The Balaban J connectivity index is 1.05. The molecule has 8 aromatic carbocycles. The molecule has 0 fully saturated rings. The van der Waals surface area contributed by atoms with Crippen molar-refractivity contribution in [2.24, 2.45) is 0 Å². The van der Waals surface area contributed by atoms with Gasteiger partial charge >= 0.3 is 0 Å². The smallest absolute Gasteiger partial charge is 0.235 e. The zero-order valence-corrected chi connectivity index (χ0v) is 33.0. The Morgan fingerprint density at radius 1 is 0.475 bits per heavy atom. The molecule has 1 aliphatic rings. The summed E-state index contributed by atoms with van der Waals surface area (Å²) in [5.74, 6) is 1.45. The van der Waals surface area contributed by atoms with E-state index in [0.717, 1.165) is 67.3 Å². The van der Waals surface area contributed by atoms with Crippen LogP contribution < -0.4 is 0 Å². The summed E-state index contributed by atoms with van der Waals surface area (Å²) in [6.45, 7) is 0. The van der Waals surface area contributed by atoms with E-state index in [2.05, 4.69) is 179 Å². The molecule has 5 nitrogen and oxygen atoms in total. The molecule has 13 rings (SSSR count). The molecule has 1 atom stereocenters. The van der Waals surface area contributed by atoms with Crippen LogP contribution in [0.1, 0.15) is 12.5 Å². The van der Waals surface area contributed by atoms with Crippen LogP contribution in [0.15, 0.2) is 205 Å². The van der Waals surface area contributed by atoms with Gasteiger partial charge in [0.1, 0.15) is 11.3 Å². The highest BCUT2D eigenvalue weighted by atomic mass is 16.3. The van der Waals surface area contributed by atoms with Crippen molar-refractivity contribution in [3.8, 4) is 39.7 Å². The van der Waals surface area contributed by atoms with Gasteiger partial charge in [-0.3, -0.25) is 4.57 Å². The third-order valence-electron chi connectivity index (χ3n) is 12.6. The number of hydrogen-bond donors (Lipinski definition) is 0. The molecule has 286 valence electrons. The minimum atomic E-state index is 0.284. The van der Waals surface area contributed by atoms with Crippen LogP contribution in [0.5, 0.6) is 0 Å². The van der Waals surface area contributed by atoms with Crippen LogP contribution in [0.25, 0.3) is 116 Å². The summed E-state index contributed by atoms with van der Waals surface area (Å²) < 4.78 is 11.2. The second-order valence-corrected chi connectivity index (χ2v) is 16.1. The van der Waals surface area contributed by atoms with Crippen molar-refractivity contribution < 1.29 is 4.42 Å². The molecule has 61 heavy (non-hydrogen) atoms. The topological polar surface area (TPSA) is 48.8 Å². The molecule has 0 N–H and O–H groups in total. The third kappa shape index (κ3) is 5.20. The maximum atomic E-state index is 6.47. The number of para-hydroxylation sites is 1. The van der Waals surface area contributed by atoms with Crippen LogP contribution >= 0.6 is 0 Å². The molecular weight excluding hydrogens is 745 g/mol. The maximum Gasteiger partial charge on any atom is 0.235 e. The van der Waals surface area contributed by atoms with E-state index in [4.69, 9.17) is 14.4 Å². The first-order valence-electron chi connectivity index (χ1n) is 20.9. The minimum Gasteiger partial charge on any atom is -0.456 e. The van der Waals surface area contributed by atoms with Gasteiger partial charge in [-0.05, 0) is 82.9 Å². The van der Waals surface area contributed by atoms with Crippen LogP contribution in [0, 0.1) is 0 Å². The van der Waals surface area contributed by atoms with E-state index in [1.165, 1.54) is 49.1 Å². The van der Waals surface area contributed by atoms with Gasteiger partial charge in [0.2, 0.25) is 5.95 Å². The molecule has 0 saturated heterocycles. The van der Waals surface area contributed by atoms with E-state index in [1.807, 2.05) is 30.3 Å². The molecule has 0 saturated carbocycles. The average Bonchev–Trinajstić information content (AvgIpc) is 4.02. The van der Waals surface area contributed by atoms with Gasteiger partial charge in [-0.2, -0.15) is 0 Å². The first-order valence-corrected chi connectivity index (χ1v) is 20.9. The second-order valence-electron chi connectivity index (χ2n) is 16.1. The molecular formula is C56H36N4O. The molecule has 0 amide bonds. The Morgan fingerprint density at radius 3 is 2.00 bits per heavy atom. The zero-order valence-electron chi connectivity index (χ0n) is 33.0. The summed E-state index contributed by atoms with van der Waals surface area (Å²) in [5, 5.41) is 9.25. The van der Waals surface area contributed by atoms with E-state index in [-0.39, 0.29) is 6.04 Å². The summed E-state index contributed by atoms with van der Waals surface area (Å²) in [6, 6.07) is 63.1. The number of nitrogens with zero attached hydrogens (tertiary/aromatic N) is 4. The molecule has 12 aromatic rings. The fraction of sp³-hybridized carbons (Fsp3) is 0.0357. The van der Waals surface area contributed by atoms with Crippen molar-refractivity contribution in [1.82, 2.24) is 19.1 Å². The van der Waals surface area contributed by atoms with Gasteiger partial charge in [-0.25, -0.2) is 9.97 Å². The van der Waals surface area contributed by atoms with Gasteiger partial charge in [0.15, 0.2) is 0 Å². The number of fused-ring (bicyclic) bond motifs is 11. The van der Waals surface area contributed by atoms with Crippen molar-refractivity contribution in [2.75, 3.05) is 0 Å². The highest BCUT2D eigenvalue weighted by Crippen LogP contribution is 2.42.